The lowest BCUT2D eigenvalue weighted by molar-refractivity contribution is -0.139. The van der Waals surface area contributed by atoms with Gasteiger partial charge in [0.1, 0.15) is 18.4 Å². The summed E-state index contributed by atoms with van der Waals surface area (Å²) in [5.41, 5.74) is 2.01. The van der Waals surface area contributed by atoms with Crippen LogP contribution in [-0.2, 0) is 17.9 Å². The van der Waals surface area contributed by atoms with Crippen molar-refractivity contribution in [3.63, 3.8) is 0 Å². The smallest absolute Gasteiger partial charge is 0.320 e. The largest absolute Gasteiger partial charge is 0.489 e. The number of hydrogen-bond donors (Lipinski definition) is 2. The van der Waals surface area contributed by atoms with Gasteiger partial charge < -0.3 is 15.2 Å². The van der Waals surface area contributed by atoms with Crippen LogP contribution in [0.3, 0.4) is 0 Å². The molecule has 5 heteroatoms. The molecule has 0 saturated heterocycles. The van der Waals surface area contributed by atoms with Crippen LogP contribution in [0.25, 0.3) is 0 Å². The van der Waals surface area contributed by atoms with E-state index in [-0.39, 0.29) is 0 Å². The molecule has 0 aliphatic heterocycles. The summed E-state index contributed by atoms with van der Waals surface area (Å²) in [6.45, 7) is 2.55. The average molecular weight is 320 g/mol. The summed E-state index contributed by atoms with van der Waals surface area (Å²) in [4.78, 5) is 10.8. The van der Waals surface area contributed by atoms with E-state index in [2.05, 4.69) is 5.32 Å². The minimum Gasteiger partial charge on any atom is -0.489 e. The summed E-state index contributed by atoms with van der Waals surface area (Å²) in [7, 11) is 0. The maximum absolute atomic E-state index is 10.8. The molecule has 0 radical (unpaired) electrons. The fourth-order valence-electron chi connectivity index (χ4n) is 1.85. The summed E-state index contributed by atoms with van der Waals surface area (Å²) < 4.78 is 5.74. The third kappa shape index (κ3) is 5.06. The zero-order chi connectivity index (χ0) is 15.9. The Morgan fingerprint density at radius 3 is 2.64 bits per heavy atom. The number of carboxylic acids is 1. The van der Waals surface area contributed by atoms with Crippen LogP contribution in [0.4, 0.5) is 0 Å². The highest BCUT2D eigenvalue weighted by atomic mass is 35.5. The van der Waals surface area contributed by atoms with Crippen LogP contribution in [0, 0.1) is 0 Å². The van der Waals surface area contributed by atoms with Gasteiger partial charge in [-0.2, -0.15) is 0 Å². The molecule has 2 aromatic rings. The van der Waals surface area contributed by atoms with Gasteiger partial charge in [-0.3, -0.25) is 4.79 Å². The number of carboxylic acid groups (broad SMARTS) is 1. The van der Waals surface area contributed by atoms with E-state index in [0.29, 0.717) is 18.2 Å². The van der Waals surface area contributed by atoms with Gasteiger partial charge in [-0.25, -0.2) is 0 Å². The first-order valence-corrected chi connectivity index (χ1v) is 7.35. The predicted molar refractivity (Wildman–Crippen MR) is 86.2 cm³/mol. The van der Waals surface area contributed by atoms with Crippen molar-refractivity contribution < 1.29 is 14.6 Å². The van der Waals surface area contributed by atoms with Gasteiger partial charge in [-0.1, -0.05) is 35.9 Å². The van der Waals surface area contributed by atoms with E-state index in [1.54, 1.807) is 6.92 Å². The molecule has 0 amide bonds. The maximum atomic E-state index is 10.8. The van der Waals surface area contributed by atoms with Crippen molar-refractivity contribution in [1.29, 1.82) is 0 Å². The highest BCUT2D eigenvalue weighted by Gasteiger charge is 2.09. The maximum Gasteiger partial charge on any atom is 0.320 e. The summed E-state index contributed by atoms with van der Waals surface area (Å²) in [5.74, 6) is -0.118. The number of carbonyl (C=O) groups is 1. The van der Waals surface area contributed by atoms with Crippen LogP contribution in [0.2, 0.25) is 5.02 Å². The third-order valence-electron chi connectivity index (χ3n) is 3.20. The van der Waals surface area contributed by atoms with Crippen molar-refractivity contribution in [3.05, 3.63) is 64.7 Å². The zero-order valence-corrected chi connectivity index (χ0v) is 13.0. The molecule has 116 valence electrons. The molecule has 2 rings (SSSR count). The second kappa shape index (κ2) is 7.82. The van der Waals surface area contributed by atoms with Gasteiger partial charge >= 0.3 is 5.97 Å². The monoisotopic (exact) mass is 319 g/mol. The molecule has 4 nitrogen and oxygen atoms in total. The van der Waals surface area contributed by atoms with Crippen molar-refractivity contribution in [1.82, 2.24) is 5.32 Å². The lowest BCUT2D eigenvalue weighted by Gasteiger charge is -2.11. The normalized spacial score (nSPS) is 11.9. The van der Waals surface area contributed by atoms with Crippen molar-refractivity contribution in [2.24, 2.45) is 0 Å². The first kappa shape index (κ1) is 16.3. The van der Waals surface area contributed by atoms with Crippen LogP contribution >= 0.6 is 11.6 Å². The molecule has 0 spiro atoms. The van der Waals surface area contributed by atoms with Gasteiger partial charge in [0.05, 0.1) is 0 Å². The molecule has 1 atom stereocenters. The van der Waals surface area contributed by atoms with Gasteiger partial charge in [0, 0.05) is 11.6 Å². The molecule has 2 N–H and O–H groups in total. The van der Waals surface area contributed by atoms with E-state index in [0.717, 1.165) is 16.9 Å². The lowest BCUT2D eigenvalue weighted by atomic mass is 10.2. The summed E-state index contributed by atoms with van der Waals surface area (Å²) in [6, 6.07) is 14.5. The van der Waals surface area contributed by atoms with Gasteiger partial charge in [0.2, 0.25) is 0 Å². The van der Waals surface area contributed by atoms with E-state index in [1.807, 2.05) is 48.5 Å². The number of ether oxygens (including phenoxy) is 1. The fourth-order valence-corrected chi connectivity index (χ4v) is 1.98. The van der Waals surface area contributed by atoms with Gasteiger partial charge in [0.25, 0.3) is 0 Å². The van der Waals surface area contributed by atoms with Crippen molar-refractivity contribution in [3.8, 4) is 5.75 Å². The standard InChI is InChI=1S/C17H18ClNO3/c1-12(17(20)21)19-10-14-3-2-4-16(9-14)22-11-13-5-7-15(18)8-6-13/h2-9,12,19H,10-11H2,1H3,(H,20,21). The van der Waals surface area contributed by atoms with E-state index >= 15 is 0 Å². The third-order valence-corrected chi connectivity index (χ3v) is 3.45. The van der Waals surface area contributed by atoms with Crippen LogP contribution in [0.15, 0.2) is 48.5 Å². The molecule has 0 heterocycles. The van der Waals surface area contributed by atoms with Gasteiger partial charge in [0.15, 0.2) is 0 Å². The van der Waals surface area contributed by atoms with Crippen LogP contribution in [0.1, 0.15) is 18.1 Å². The minimum absolute atomic E-state index is 0.458. The molecule has 22 heavy (non-hydrogen) atoms. The van der Waals surface area contributed by atoms with Crippen molar-refractivity contribution >= 4 is 17.6 Å². The Bertz CT molecular complexity index is 628. The number of hydrogen-bond acceptors (Lipinski definition) is 3. The number of halogens is 1. The Labute approximate surface area is 134 Å². The highest BCUT2D eigenvalue weighted by molar-refractivity contribution is 6.30. The van der Waals surface area contributed by atoms with Crippen molar-refractivity contribution in [2.45, 2.75) is 26.1 Å². The second-order valence-corrected chi connectivity index (χ2v) is 5.44. The average Bonchev–Trinajstić information content (AvgIpc) is 2.52. The van der Waals surface area contributed by atoms with Crippen LogP contribution in [0.5, 0.6) is 5.75 Å². The number of rotatable bonds is 7. The summed E-state index contributed by atoms with van der Waals surface area (Å²) in [6.07, 6.45) is 0. The Balaban J connectivity index is 1.90. The molecule has 0 bridgehead atoms. The van der Waals surface area contributed by atoms with Crippen molar-refractivity contribution in [2.75, 3.05) is 0 Å². The summed E-state index contributed by atoms with van der Waals surface area (Å²) >= 11 is 5.84. The van der Waals surface area contributed by atoms with E-state index in [1.165, 1.54) is 0 Å². The van der Waals surface area contributed by atoms with E-state index in [9.17, 15) is 4.79 Å². The first-order valence-electron chi connectivity index (χ1n) is 6.97. The molecule has 0 saturated carbocycles. The topological polar surface area (TPSA) is 58.6 Å². The lowest BCUT2D eigenvalue weighted by Crippen LogP contribution is -2.33. The molecule has 0 aromatic heterocycles. The summed E-state index contributed by atoms with van der Waals surface area (Å²) in [5, 5.41) is 12.5. The number of nitrogens with one attached hydrogen (secondary N) is 1. The Morgan fingerprint density at radius 2 is 1.95 bits per heavy atom. The van der Waals surface area contributed by atoms with Gasteiger partial charge in [-0.05, 0) is 42.3 Å². The van der Waals surface area contributed by atoms with E-state index in [4.69, 9.17) is 21.4 Å². The Hall–Kier alpha value is -2.04. The molecular weight excluding hydrogens is 302 g/mol. The van der Waals surface area contributed by atoms with E-state index < -0.39 is 12.0 Å². The molecular formula is C17H18ClNO3. The number of benzene rings is 2. The minimum atomic E-state index is -0.866. The Morgan fingerprint density at radius 1 is 1.23 bits per heavy atom. The number of aliphatic carboxylic acids is 1. The first-order chi connectivity index (χ1) is 10.5. The quantitative estimate of drug-likeness (QED) is 0.820. The Kier molecular flexibility index (Phi) is 5.81. The van der Waals surface area contributed by atoms with Gasteiger partial charge in [-0.15, -0.1) is 0 Å². The predicted octanol–water partition coefficient (Wildman–Crippen LogP) is 3.48. The fraction of sp³-hybridized carbons (Fsp3) is 0.235. The molecule has 0 fully saturated rings. The second-order valence-electron chi connectivity index (χ2n) is 5.00. The molecule has 2 aromatic carbocycles. The van der Waals surface area contributed by atoms with Crippen LogP contribution in [-0.4, -0.2) is 17.1 Å². The molecule has 0 aliphatic carbocycles. The zero-order valence-electron chi connectivity index (χ0n) is 12.3. The highest BCUT2D eigenvalue weighted by Crippen LogP contribution is 2.16. The molecule has 1 unspecified atom stereocenters. The SMILES string of the molecule is CC(NCc1cccc(OCc2ccc(Cl)cc2)c1)C(=O)O. The van der Waals surface area contributed by atoms with Crippen LogP contribution < -0.4 is 10.1 Å². The molecule has 0 aliphatic rings.